The molecular formula is C88H92N19O4+. The molecular weight excluding hydrogens is 1390 g/mol. The number of anilines is 3. The summed E-state index contributed by atoms with van der Waals surface area (Å²) in [5.74, 6) is 1.79. The molecule has 111 heavy (non-hydrogen) atoms. The number of Topliss-reactive ketones (excluding diaryl/α,β-unsaturated/α-hetero) is 3. The molecule has 3 fully saturated rings. The van der Waals surface area contributed by atoms with Crippen LogP contribution in [0.4, 0.5) is 17.3 Å². The van der Waals surface area contributed by atoms with Crippen LogP contribution < -0.4 is 14.7 Å². The summed E-state index contributed by atoms with van der Waals surface area (Å²) in [6.45, 7) is 12.6. The number of ketones is 3. The van der Waals surface area contributed by atoms with E-state index < -0.39 is 0 Å². The van der Waals surface area contributed by atoms with Crippen molar-refractivity contribution in [2.45, 2.75) is 25.7 Å². The topological polar surface area (TPSA) is 219 Å². The van der Waals surface area contributed by atoms with Crippen molar-refractivity contribution in [3.8, 4) is 33.4 Å². The van der Waals surface area contributed by atoms with Crippen LogP contribution in [0, 0.1) is 0 Å². The van der Waals surface area contributed by atoms with Gasteiger partial charge >= 0.3 is 0 Å². The number of fused-ring (bicyclic) bond motifs is 3. The van der Waals surface area contributed by atoms with E-state index in [1.165, 1.54) is 11.3 Å². The van der Waals surface area contributed by atoms with Gasteiger partial charge in [0.25, 0.3) is 5.91 Å². The molecule has 562 valence electrons. The number of pyridine rings is 6. The summed E-state index contributed by atoms with van der Waals surface area (Å²) >= 11 is 0. The van der Waals surface area contributed by atoms with Gasteiger partial charge in [-0.2, -0.15) is 15.3 Å². The summed E-state index contributed by atoms with van der Waals surface area (Å²) in [5, 5.41) is 19.1. The fraction of sp³-hybridized carbons (Fsp3) is 0.284. The van der Waals surface area contributed by atoms with Gasteiger partial charge in [-0.1, -0.05) is 42.5 Å². The fourth-order valence-corrected chi connectivity index (χ4v) is 14.6. The summed E-state index contributed by atoms with van der Waals surface area (Å²) in [5.41, 5.74) is 14.7. The lowest BCUT2D eigenvalue weighted by Crippen LogP contribution is -2.55. The number of aromatic nitrogens is 12. The highest BCUT2D eigenvalue weighted by atomic mass is 16.2. The third kappa shape index (κ3) is 18.0. The first-order valence-electron chi connectivity index (χ1n) is 37.9. The smallest absolute Gasteiger partial charge is 0.253 e. The molecule has 17 rings (SSSR count). The molecule has 23 heteroatoms. The number of carbonyl (C=O) groups is 4. The lowest BCUT2D eigenvalue weighted by atomic mass is 10.00. The third-order valence-electron chi connectivity index (χ3n) is 21.6. The number of aryl methyl sites for hydroxylation is 3. The van der Waals surface area contributed by atoms with Crippen LogP contribution in [0.1, 0.15) is 70.6 Å². The Labute approximate surface area is 646 Å². The van der Waals surface area contributed by atoms with Gasteiger partial charge in [0.15, 0.2) is 17.3 Å². The number of benzene rings is 4. The van der Waals surface area contributed by atoms with E-state index in [2.05, 4.69) is 165 Å². The quantitative estimate of drug-likeness (QED) is 0.0611. The molecule has 9 aromatic heterocycles. The van der Waals surface area contributed by atoms with E-state index in [4.69, 9.17) is 0 Å². The van der Waals surface area contributed by atoms with E-state index in [0.29, 0.717) is 48.4 Å². The molecule has 0 spiro atoms. The number of nitrogens with zero attached hydrogens (tertiary/aromatic N) is 19. The number of rotatable bonds is 17. The van der Waals surface area contributed by atoms with Crippen LogP contribution in [0.5, 0.6) is 0 Å². The summed E-state index contributed by atoms with van der Waals surface area (Å²) in [7, 11) is 14.5. The van der Waals surface area contributed by atoms with Gasteiger partial charge in [0.05, 0.1) is 83.8 Å². The fourth-order valence-electron chi connectivity index (χ4n) is 14.6. The molecule has 13 aromatic rings. The highest BCUT2D eigenvalue weighted by Gasteiger charge is 2.28. The number of hydrogen-bond donors (Lipinski definition) is 0. The van der Waals surface area contributed by atoms with Crippen LogP contribution in [0.3, 0.4) is 0 Å². The van der Waals surface area contributed by atoms with Crippen LogP contribution >= 0.6 is 0 Å². The maximum absolute atomic E-state index is 13.4. The van der Waals surface area contributed by atoms with Crippen LogP contribution in [0.25, 0.3) is 71.3 Å². The number of quaternary nitrogens is 1. The van der Waals surface area contributed by atoms with Gasteiger partial charge in [-0.25, -0.2) is 9.97 Å². The normalized spacial score (nSPS) is 15.4. The number of hydrogen-bond acceptors (Lipinski definition) is 18. The molecule has 4 aliphatic rings. The number of piperazine rings is 3. The second-order valence-corrected chi connectivity index (χ2v) is 30.2. The highest BCUT2D eigenvalue weighted by Crippen LogP contribution is 2.31. The molecule has 23 nitrogen and oxygen atoms in total. The average molecular weight is 1480 g/mol. The summed E-state index contributed by atoms with van der Waals surface area (Å²) in [4.78, 5) is 93.3. The van der Waals surface area contributed by atoms with Crippen molar-refractivity contribution in [3.05, 3.63) is 259 Å². The van der Waals surface area contributed by atoms with E-state index in [9.17, 15) is 19.2 Å². The van der Waals surface area contributed by atoms with Gasteiger partial charge in [0.2, 0.25) is 0 Å². The molecule has 3 saturated heterocycles. The standard InChI is InChI=1S/C36H38N8O2.C26H29N6O.C26H25N5O/c1-40-11-13-42(14-12-40)33-7-5-26(6-8-33)36(46)44-17-15-43(16-18-44)35-21-28(9-10-37-35)34(45)22-32-20-30-19-27(3-4-29(30)23-38-32)31-24-39-41(2)25-31;1-30-18-23(17-29-30)19-4-5-21-16-28-24(13-22(21)12-19)15-25(33)20-6-7-27-26(14-20)31-8-10-32(2,3)11-9-31;1-30-9-6-18(7-10-30)25-13-20(5-8-27-25)26(32)14-24-12-22-11-19(3-4-21(22)15-28-24)23-16-29-31(2)17-23/h3-10,19-21,23-25H,11-18,22H2,1-2H3;4-7,12-14,16-18H,8-11,15H2,1-3H3;3-6,8,11-13,15-17H,7,9-10,14H2,1-2H3/q;+1;. The largest absolute Gasteiger partial charge is 0.369 e. The maximum Gasteiger partial charge on any atom is 0.253 e. The Morgan fingerprint density at radius 2 is 0.793 bits per heavy atom. The van der Waals surface area contributed by atoms with Gasteiger partial charge < -0.3 is 33.9 Å². The van der Waals surface area contributed by atoms with Gasteiger partial charge in [0.1, 0.15) is 11.6 Å². The molecule has 1 amide bonds. The molecule has 0 atom stereocenters. The Morgan fingerprint density at radius 1 is 0.369 bits per heavy atom. The number of amides is 1. The minimum atomic E-state index is -0.00671. The zero-order valence-electron chi connectivity index (χ0n) is 64.1. The van der Waals surface area contributed by atoms with E-state index >= 15 is 0 Å². The second kappa shape index (κ2) is 32.9. The predicted octanol–water partition coefficient (Wildman–Crippen LogP) is 11.7. The highest BCUT2D eigenvalue weighted by molar-refractivity contribution is 6.01. The minimum Gasteiger partial charge on any atom is -0.369 e. The van der Waals surface area contributed by atoms with E-state index in [1.54, 1.807) is 50.8 Å². The molecule has 0 bridgehead atoms. The second-order valence-electron chi connectivity index (χ2n) is 30.2. The molecule has 4 aromatic carbocycles. The monoisotopic (exact) mass is 1480 g/mol. The van der Waals surface area contributed by atoms with Crippen molar-refractivity contribution >= 4 is 78.5 Å². The predicted molar refractivity (Wildman–Crippen MR) is 437 cm³/mol. The Kier molecular flexibility index (Phi) is 22.0. The van der Waals surface area contributed by atoms with Gasteiger partial charge in [0, 0.05) is 220 Å². The van der Waals surface area contributed by atoms with Crippen molar-refractivity contribution in [1.29, 1.82) is 0 Å². The lowest BCUT2D eigenvalue weighted by Gasteiger charge is -2.39. The number of carbonyl (C=O) groups excluding carboxylic acids is 4. The molecule has 4 aliphatic heterocycles. The summed E-state index contributed by atoms with van der Waals surface area (Å²) in [6, 6.07) is 43.8. The molecule has 0 unspecified atom stereocenters. The molecule has 0 N–H and O–H groups in total. The lowest BCUT2D eigenvalue weighted by molar-refractivity contribution is -0.890. The Balaban J connectivity index is 0.000000135. The van der Waals surface area contributed by atoms with E-state index in [-0.39, 0.29) is 42.5 Å². The van der Waals surface area contributed by atoms with Gasteiger partial charge in [-0.05, 0) is 156 Å². The first-order valence-corrected chi connectivity index (χ1v) is 37.9. The molecule has 13 heterocycles. The Bertz CT molecular complexity index is 5600. The van der Waals surface area contributed by atoms with Crippen molar-refractivity contribution in [2.24, 2.45) is 21.1 Å². The van der Waals surface area contributed by atoms with Crippen LogP contribution in [-0.2, 0) is 40.4 Å². The van der Waals surface area contributed by atoms with Crippen LogP contribution in [0.2, 0.25) is 0 Å². The summed E-state index contributed by atoms with van der Waals surface area (Å²) < 4.78 is 6.39. The van der Waals surface area contributed by atoms with Gasteiger partial charge in [-0.3, -0.25) is 53.2 Å². The van der Waals surface area contributed by atoms with Crippen molar-refractivity contribution < 1.29 is 23.7 Å². The van der Waals surface area contributed by atoms with Gasteiger partial charge in [-0.15, -0.1) is 0 Å². The Hall–Kier alpha value is -12.3. The average Bonchev–Trinajstić information content (AvgIpc) is 1.80. The number of likely N-dealkylation sites (N-methyl/N-ethyl adjacent to an activating group) is 3. The minimum absolute atomic E-state index is 0.00671. The zero-order chi connectivity index (χ0) is 76.7. The van der Waals surface area contributed by atoms with E-state index in [0.717, 1.165) is 176 Å². The summed E-state index contributed by atoms with van der Waals surface area (Å²) in [6.07, 6.45) is 26.1. The molecule has 0 radical (unpaired) electrons. The third-order valence-corrected chi connectivity index (χ3v) is 21.6. The van der Waals surface area contributed by atoms with Crippen molar-refractivity contribution in [1.82, 2.24) is 73.9 Å². The first kappa shape index (κ1) is 74.2. The first-order chi connectivity index (χ1) is 53.8. The van der Waals surface area contributed by atoms with Crippen LogP contribution in [0.15, 0.2) is 214 Å². The molecule has 0 saturated carbocycles. The van der Waals surface area contributed by atoms with E-state index in [1.807, 2.05) is 136 Å². The van der Waals surface area contributed by atoms with Crippen LogP contribution in [-0.4, -0.2) is 222 Å². The zero-order valence-corrected chi connectivity index (χ0v) is 64.1. The Morgan fingerprint density at radius 3 is 1.22 bits per heavy atom. The van der Waals surface area contributed by atoms with Crippen molar-refractivity contribution in [3.63, 3.8) is 0 Å². The SMILES string of the molecule is CN1CC=C(c2cc(C(=O)Cc3cc4cc(-c5cnn(C)c5)ccc4cn3)ccn2)CC1.CN1CCN(c2ccc(C(=O)N3CCN(c4cc(C(=O)Cc5cc6cc(-c7cnn(C)c7)ccc6cn5)ccn4)CC3)cc2)CC1.Cn1cc(-c2ccc3cnc(CC(=O)c4ccnc(N5CC[N+](C)(C)CC5)c4)cc3c2)cn1. The maximum atomic E-state index is 13.4. The van der Waals surface area contributed by atoms with Crippen molar-refractivity contribution in [2.75, 3.05) is 135 Å². The molecule has 0 aliphatic carbocycles.